The van der Waals surface area contributed by atoms with E-state index < -0.39 is 12.1 Å². The van der Waals surface area contributed by atoms with Gasteiger partial charge >= 0.3 is 5.97 Å². The zero-order valence-electron chi connectivity index (χ0n) is 14.8. The summed E-state index contributed by atoms with van der Waals surface area (Å²) in [5, 5.41) is 2.82. The molecule has 4 rings (SSSR count). The molecule has 1 fully saturated rings. The standard InChI is InChI=1S/C21H20N2O4/c24-19-9-4-10-23(19)13-14-5-3-7-16(11-14)22-20(25)18-12-15-6-1-2-8-17(15)21(26)27-18/h1-3,5-8,11,18H,4,9-10,12-13H2,(H,22,25). The Labute approximate surface area is 157 Å². The van der Waals surface area contributed by atoms with E-state index in [4.69, 9.17) is 4.74 Å². The first-order valence-corrected chi connectivity index (χ1v) is 9.06. The van der Waals surface area contributed by atoms with Crippen molar-refractivity contribution in [1.82, 2.24) is 4.90 Å². The summed E-state index contributed by atoms with van der Waals surface area (Å²) in [6, 6.07) is 14.6. The van der Waals surface area contributed by atoms with Gasteiger partial charge in [-0.15, -0.1) is 0 Å². The van der Waals surface area contributed by atoms with Crippen molar-refractivity contribution in [2.24, 2.45) is 0 Å². The van der Waals surface area contributed by atoms with Crippen LogP contribution < -0.4 is 5.32 Å². The first-order valence-electron chi connectivity index (χ1n) is 9.06. The van der Waals surface area contributed by atoms with Gasteiger partial charge < -0.3 is 15.0 Å². The molecule has 1 N–H and O–H groups in total. The van der Waals surface area contributed by atoms with Crippen molar-refractivity contribution in [1.29, 1.82) is 0 Å². The number of carbonyl (C=O) groups excluding carboxylic acids is 3. The van der Waals surface area contributed by atoms with Crippen LogP contribution in [0.1, 0.15) is 34.3 Å². The Hall–Kier alpha value is -3.15. The zero-order chi connectivity index (χ0) is 18.8. The third-order valence-electron chi connectivity index (χ3n) is 4.92. The molecule has 0 saturated carbocycles. The molecule has 27 heavy (non-hydrogen) atoms. The first kappa shape index (κ1) is 17.3. The number of anilines is 1. The van der Waals surface area contributed by atoms with Gasteiger partial charge in [-0.25, -0.2) is 4.79 Å². The predicted octanol–water partition coefficient (Wildman–Crippen LogP) is 2.53. The van der Waals surface area contributed by atoms with Gasteiger partial charge in [-0.3, -0.25) is 9.59 Å². The van der Waals surface area contributed by atoms with E-state index in [1.54, 1.807) is 18.2 Å². The van der Waals surface area contributed by atoms with Crippen molar-refractivity contribution < 1.29 is 19.1 Å². The monoisotopic (exact) mass is 364 g/mol. The number of esters is 1. The third kappa shape index (κ3) is 3.69. The summed E-state index contributed by atoms with van der Waals surface area (Å²) in [7, 11) is 0. The molecule has 1 saturated heterocycles. The molecular formula is C21H20N2O4. The number of fused-ring (bicyclic) bond motifs is 1. The number of nitrogens with one attached hydrogen (secondary N) is 1. The van der Waals surface area contributed by atoms with Crippen LogP contribution in [-0.4, -0.2) is 35.3 Å². The predicted molar refractivity (Wildman–Crippen MR) is 99.1 cm³/mol. The van der Waals surface area contributed by atoms with Crippen molar-refractivity contribution in [3.8, 4) is 0 Å². The zero-order valence-corrected chi connectivity index (χ0v) is 14.8. The van der Waals surface area contributed by atoms with Gasteiger partial charge in [-0.05, 0) is 35.7 Å². The van der Waals surface area contributed by atoms with E-state index in [2.05, 4.69) is 5.32 Å². The highest BCUT2D eigenvalue weighted by molar-refractivity contribution is 6.00. The molecule has 0 radical (unpaired) electrons. The molecule has 0 bridgehead atoms. The maximum absolute atomic E-state index is 12.6. The van der Waals surface area contributed by atoms with E-state index in [0.29, 0.717) is 30.6 Å². The molecule has 6 nitrogen and oxygen atoms in total. The molecule has 2 aliphatic rings. The van der Waals surface area contributed by atoms with Crippen LogP contribution in [0, 0.1) is 0 Å². The van der Waals surface area contributed by atoms with Gasteiger partial charge in [0.05, 0.1) is 5.56 Å². The fourth-order valence-electron chi connectivity index (χ4n) is 3.54. The highest BCUT2D eigenvalue weighted by atomic mass is 16.5. The largest absolute Gasteiger partial charge is 0.448 e. The Morgan fingerprint density at radius 2 is 2.00 bits per heavy atom. The van der Waals surface area contributed by atoms with Gasteiger partial charge in [0.2, 0.25) is 5.91 Å². The molecule has 2 amide bonds. The van der Waals surface area contributed by atoms with Gasteiger partial charge in [0.25, 0.3) is 5.91 Å². The second-order valence-corrected chi connectivity index (χ2v) is 6.86. The second kappa shape index (κ2) is 7.23. The average molecular weight is 364 g/mol. The van der Waals surface area contributed by atoms with Crippen molar-refractivity contribution in [3.63, 3.8) is 0 Å². The van der Waals surface area contributed by atoms with Crippen LogP contribution in [0.3, 0.4) is 0 Å². The Balaban J connectivity index is 1.43. The summed E-state index contributed by atoms with van der Waals surface area (Å²) in [6.07, 6.45) is 1.00. The van der Waals surface area contributed by atoms with E-state index in [1.807, 2.05) is 35.2 Å². The molecule has 1 unspecified atom stereocenters. The first-order chi connectivity index (χ1) is 13.1. The molecule has 1 atom stereocenters. The molecule has 2 aliphatic heterocycles. The van der Waals surface area contributed by atoms with Gasteiger partial charge in [-0.1, -0.05) is 30.3 Å². The van der Waals surface area contributed by atoms with Gasteiger partial charge in [-0.2, -0.15) is 0 Å². The number of cyclic esters (lactones) is 1. The van der Waals surface area contributed by atoms with E-state index in [9.17, 15) is 14.4 Å². The van der Waals surface area contributed by atoms with Crippen LogP contribution in [0.2, 0.25) is 0 Å². The number of benzene rings is 2. The minimum Gasteiger partial charge on any atom is -0.448 e. The number of rotatable bonds is 4. The smallest absolute Gasteiger partial charge is 0.339 e. The Kier molecular flexibility index (Phi) is 4.62. The molecular weight excluding hydrogens is 344 g/mol. The normalized spacial score (nSPS) is 18.8. The van der Waals surface area contributed by atoms with Crippen LogP contribution >= 0.6 is 0 Å². The van der Waals surface area contributed by atoms with Crippen LogP contribution in [0.5, 0.6) is 0 Å². The summed E-state index contributed by atoms with van der Waals surface area (Å²) in [6.45, 7) is 1.31. The van der Waals surface area contributed by atoms with Crippen LogP contribution in [0.4, 0.5) is 5.69 Å². The van der Waals surface area contributed by atoms with Crippen molar-refractivity contribution in [2.45, 2.75) is 31.9 Å². The molecule has 0 aliphatic carbocycles. The lowest BCUT2D eigenvalue weighted by Crippen LogP contribution is -2.38. The summed E-state index contributed by atoms with van der Waals surface area (Å²) in [5.41, 5.74) is 2.90. The molecule has 138 valence electrons. The van der Waals surface area contributed by atoms with Crippen molar-refractivity contribution >= 4 is 23.5 Å². The van der Waals surface area contributed by atoms with Crippen LogP contribution in [-0.2, 0) is 27.3 Å². The van der Waals surface area contributed by atoms with Crippen molar-refractivity contribution in [2.75, 3.05) is 11.9 Å². The number of nitrogens with zero attached hydrogens (tertiary/aromatic N) is 1. The number of ether oxygens (including phenoxy) is 1. The van der Waals surface area contributed by atoms with Crippen LogP contribution in [0.25, 0.3) is 0 Å². The summed E-state index contributed by atoms with van der Waals surface area (Å²) in [4.78, 5) is 38.3. The number of hydrogen-bond acceptors (Lipinski definition) is 4. The topological polar surface area (TPSA) is 75.7 Å². The second-order valence-electron chi connectivity index (χ2n) is 6.86. The summed E-state index contributed by atoms with van der Waals surface area (Å²) < 4.78 is 5.29. The quantitative estimate of drug-likeness (QED) is 0.846. The minimum absolute atomic E-state index is 0.164. The number of likely N-dealkylation sites (tertiary alicyclic amines) is 1. The number of carbonyl (C=O) groups is 3. The Morgan fingerprint density at radius 1 is 1.15 bits per heavy atom. The Morgan fingerprint density at radius 3 is 2.81 bits per heavy atom. The lowest BCUT2D eigenvalue weighted by Gasteiger charge is -2.24. The summed E-state index contributed by atoms with van der Waals surface area (Å²) in [5.74, 6) is -0.664. The van der Waals surface area contributed by atoms with E-state index in [1.165, 1.54) is 0 Å². The highest BCUT2D eigenvalue weighted by Gasteiger charge is 2.31. The Bertz CT molecular complexity index is 909. The van der Waals surface area contributed by atoms with Crippen LogP contribution in [0.15, 0.2) is 48.5 Å². The SMILES string of the molecule is O=C1OC(C(=O)Nc2cccc(CN3CCCC3=O)c2)Cc2ccccc21. The molecule has 0 aromatic heterocycles. The fourth-order valence-corrected chi connectivity index (χ4v) is 3.54. The molecule has 2 aromatic carbocycles. The minimum atomic E-state index is -0.851. The summed E-state index contributed by atoms with van der Waals surface area (Å²) >= 11 is 0. The van der Waals surface area contributed by atoms with Gasteiger partial charge in [0.1, 0.15) is 0 Å². The molecule has 2 heterocycles. The van der Waals surface area contributed by atoms with E-state index >= 15 is 0 Å². The van der Waals surface area contributed by atoms with Crippen molar-refractivity contribution in [3.05, 3.63) is 65.2 Å². The van der Waals surface area contributed by atoms with E-state index in [-0.39, 0.29) is 11.8 Å². The number of amides is 2. The van der Waals surface area contributed by atoms with Gasteiger partial charge in [0.15, 0.2) is 6.10 Å². The lowest BCUT2D eigenvalue weighted by molar-refractivity contribution is -0.128. The molecule has 6 heteroatoms. The third-order valence-corrected chi connectivity index (χ3v) is 4.92. The molecule has 0 spiro atoms. The maximum atomic E-state index is 12.6. The van der Waals surface area contributed by atoms with E-state index in [0.717, 1.165) is 24.1 Å². The number of hydrogen-bond donors (Lipinski definition) is 1. The average Bonchev–Trinajstić information content (AvgIpc) is 3.06. The molecule has 2 aromatic rings. The lowest BCUT2D eigenvalue weighted by atomic mass is 9.98. The highest BCUT2D eigenvalue weighted by Crippen LogP contribution is 2.22. The fraction of sp³-hybridized carbons (Fsp3) is 0.286. The van der Waals surface area contributed by atoms with Gasteiger partial charge in [0, 0.05) is 31.6 Å². The maximum Gasteiger partial charge on any atom is 0.339 e.